The third kappa shape index (κ3) is 3.32. The lowest BCUT2D eigenvalue weighted by Crippen LogP contribution is -2.10. The number of fused-ring (bicyclic) bond motifs is 1. The Morgan fingerprint density at radius 3 is 2.25 bits per heavy atom. The zero-order valence-electron chi connectivity index (χ0n) is 12.9. The van der Waals surface area contributed by atoms with Gasteiger partial charge < -0.3 is 8.92 Å². The minimum Gasteiger partial charge on any atom is -0.493 e. The molecule has 0 saturated heterocycles. The number of rotatable bonds is 5. The van der Waals surface area contributed by atoms with E-state index >= 15 is 0 Å². The Balaban J connectivity index is 2.08. The minimum absolute atomic E-state index is 0.0940. The van der Waals surface area contributed by atoms with Crippen LogP contribution >= 0.6 is 11.6 Å². The van der Waals surface area contributed by atoms with Crippen molar-refractivity contribution in [3.05, 3.63) is 65.7 Å². The van der Waals surface area contributed by atoms with Crippen molar-refractivity contribution < 1.29 is 17.3 Å². The molecule has 3 aromatic rings. The third-order valence-electron chi connectivity index (χ3n) is 3.43. The Labute approximate surface area is 145 Å². The summed E-state index contributed by atoms with van der Waals surface area (Å²) in [6, 6.07) is 16.5. The van der Waals surface area contributed by atoms with E-state index in [4.69, 9.17) is 20.5 Å². The van der Waals surface area contributed by atoms with Crippen molar-refractivity contribution in [2.45, 2.75) is 11.8 Å². The molecule has 0 saturated carbocycles. The second-order valence-corrected chi connectivity index (χ2v) is 6.98. The van der Waals surface area contributed by atoms with Gasteiger partial charge in [0.15, 0.2) is 0 Å². The Morgan fingerprint density at radius 1 is 0.917 bits per heavy atom. The van der Waals surface area contributed by atoms with Gasteiger partial charge in [-0.2, -0.15) is 8.42 Å². The highest BCUT2D eigenvalue weighted by molar-refractivity contribution is 7.87. The molecule has 0 bridgehead atoms. The van der Waals surface area contributed by atoms with E-state index in [2.05, 4.69) is 0 Å². The molecule has 0 radical (unpaired) electrons. The van der Waals surface area contributed by atoms with Crippen LogP contribution < -0.4 is 8.92 Å². The van der Waals surface area contributed by atoms with Gasteiger partial charge in [-0.25, -0.2) is 0 Å². The van der Waals surface area contributed by atoms with Gasteiger partial charge in [0.2, 0.25) is 0 Å². The first kappa shape index (κ1) is 16.6. The first-order chi connectivity index (χ1) is 11.5. The Hall–Kier alpha value is -2.24. The average Bonchev–Trinajstić information content (AvgIpc) is 2.57. The lowest BCUT2D eigenvalue weighted by molar-refractivity contribution is 0.344. The summed E-state index contributed by atoms with van der Waals surface area (Å²) in [5.74, 6) is 0.843. The van der Waals surface area contributed by atoms with Crippen molar-refractivity contribution in [1.29, 1.82) is 0 Å². The Bertz CT molecular complexity index is 966. The van der Waals surface area contributed by atoms with Crippen LogP contribution in [-0.2, 0) is 10.1 Å². The molecule has 0 atom stereocenters. The molecular formula is C18H15ClO4S. The number of benzene rings is 3. The van der Waals surface area contributed by atoms with Crippen LogP contribution in [0.1, 0.15) is 6.92 Å². The van der Waals surface area contributed by atoms with Gasteiger partial charge in [-0.05, 0) is 43.3 Å². The van der Waals surface area contributed by atoms with Gasteiger partial charge in [-0.15, -0.1) is 0 Å². The Kier molecular flexibility index (Phi) is 4.64. The van der Waals surface area contributed by atoms with Crippen LogP contribution in [-0.4, -0.2) is 15.0 Å². The first-order valence-electron chi connectivity index (χ1n) is 7.36. The maximum Gasteiger partial charge on any atom is 0.339 e. The molecule has 3 aromatic carbocycles. The van der Waals surface area contributed by atoms with Crippen LogP contribution in [0.3, 0.4) is 0 Å². The predicted molar refractivity (Wildman–Crippen MR) is 94.4 cm³/mol. The molecule has 0 heterocycles. The van der Waals surface area contributed by atoms with E-state index in [1.807, 2.05) is 19.1 Å². The molecule has 0 N–H and O–H groups in total. The fraction of sp³-hybridized carbons (Fsp3) is 0.111. The number of hydrogen-bond donors (Lipinski definition) is 0. The van der Waals surface area contributed by atoms with Crippen LogP contribution in [0.4, 0.5) is 0 Å². The summed E-state index contributed by atoms with van der Waals surface area (Å²) in [6.45, 7) is 2.38. The van der Waals surface area contributed by atoms with E-state index in [1.54, 1.807) is 30.3 Å². The second kappa shape index (κ2) is 6.71. The summed E-state index contributed by atoms with van der Waals surface area (Å²) in [5.41, 5.74) is 0. The maximum absolute atomic E-state index is 12.7. The molecule has 24 heavy (non-hydrogen) atoms. The molecule has 0 aliphatic heterocycles. The molecule has 0 unspecified atom stereocenters. The summed E-state index contributed by atoms with van der Waals surface area (Å²) in [6.07, 6.45) is 0. The lowest BCUT2D eigenvalue weighted by atomic mass is 10.1. The van der Waals surface area contributed by atoms with E-state index in [0.29, 0.717) is 22.8 Å². The number of halogens is 1. The highest BCUT2D eigenvalue weighted by atomic mass is 35.5. The van der Waals surface area contributed by atoms with Gasteiger partial charge in [0.1, 0.15) is 16.4 Å². The molecule has 3 rings (SSSR count). The normalized spacial score (nSPS) is 11.4. The van der Waals surface area contributed by atoms with Gasteiger partial charge >= 0.3 is 10.1 Å². The Morgan fingerprint density at radius 2 is 1.58 bits per heavy atom. The summed E-state index contributed by atoms with van der Waals surface area (Å²) in [7, 11) is -3.98. The van der Waals surface area contributed by atoms with Gasteiger partial charge in [0.05, 0.1) is 6.61 Å². The summed E-state index contributed by atoms with van der Waals surface area (Å²) >= 11 is 5.81. The molecule has 0 amide bonds. The van der Waals surface area contributed by atoms with Crippen molar-refractivity contribution in [3.63, 3.8) is 0 Å². The molecular weight excluding hydrogens is 348 g/mol. The van der Waals surface area contributed by atoms with Crippen LogP contribution in [0.2, 0.25) is 5.02 Å². The molecule has 0 aromatic heterocycles. The third-order valence-corrected chi connectivity index (χ3v) is 4.99. The number of hydrogen-bond acceptors (Lipinski definition) is 4. The topological polar surface area (TPSA) is 52.6 Å². The van der Waals surface area contributed by atoms with Crippen molar-refractivity contribution in [3.8, 4) is 11.5 Å². The van der Waals surface area contributed by atoms with Crippen LogP contribution in [0.5, 0.6) is 11.5 Å². The van der Waals surface area contributed by atoms with E-state index in [0.717, 1.165) is 5.39 Å². The molecule has 6 heteroatoms. The standard InChI is InChI=1S/C18H15ClO4S/c1-2-22-17-11-12-18(16-6-4-3-5-15(16)17)24(20,21)23-14-9-7-13(19)8-10-14/h3-12H,2H2,1H3. The fourth-order valence-electron chi connectivity index (χ4n) is 2.40. The smallest absolute Gasteiger partial charge is 0.339 e. The second-order valence-electron chi connectivity index (χ2n) is 5.03. The zero-order chi connectivity index (χ0) is 17.2. The summed E-state index contributed by atoms with van der Waals surface area (Å²) in [4.78, 5) is 0.0940. The molecule has 124 valence electrons. The van der Waals surface area contributed by atoms with Gasteiger partial charge in [-0.1, -0.05) is 35.9 Å². The van der Waals surface area contributed by atoms with Gasteiger partial charge in [-0.3, -0.25) is 0 Å². The van der Waals surface area contributed by atoms with Crippen molar-refractivity contribution >= 4 is 32.5 Å². The van der Waals surface area contributed by atoms with Crippen LogP contribution in [0.15, 0.2) is 65.6 Å². The predicted octanol–water partition coefficient (Wildman–Crippen LogP) is 4.66. The van der Waals surface area contributed by atoms with Gasteiger partial charge in [0, 0.05) is 15.8 Å². The summed E-state index contributed by atoms with van der Waals surface area (Å²) < 4.78 is 36.1. The van der Waals surface area contributed by atoms with Crippen LogP contribution in [0.25, 0.3) is 10.8 Å². The minimum atomic E-state index is -3.98. The molecule has 0 fully saturated rings. The van der Waals surface area contributed by atoms with E-state index in [1.165, 1.54) is 18.2 Å². The first-order valence-corrected chi connectivity index (χ1v) is 9.14. The van der Waals surface area contributed by atoms with Crippen molar-refractivity contribution in [2.75, 3.05) is 6.61 Å². The average molecular weight is 363 g/mol. The van der Waals surface area contributed by atoms with Crippen molar-refractivity contribution in [1.82, 2.24) is 0 Å². The van der Waals surface area contributed by atoms with E-state index in [9.17, 15) is 8.42 Å². The molecule has 0 aliphatic rings. The largest absolute Gasteiger partial charge is 0.493 e. The summed E-state index contributed by atoms with van der Waals surface area (Å²) in [5, 5.41) is 1.78. The molecule has 0 spiro atoms. The van der Waals surface area contributed by atoms with Crippen molar-refractivity contribution in [2.24, 2.45) is 0 Å². The van der Waals surface area contributed by atoms with E-state index in [-0.39, 0.29) is 10.6 Å². The SMILES string of the molecule is CCOc1ccc(S(=O)(=O)Oc2ccc(Cl)cc2)c2ccccc12. The van der Waals surface area contributed by atoms with Crippen LogP contribution in [0, 0.1) is 0 Å². The highest BCUT2D eigenvalue weighted by Gasteiger charge is 2.21. The quantitative estimate of drug-likeness (QED) is 0.619. The van der Waals surface area contributed by atoms with Gasteiger partial charge in [0.25, 0.3) is 0 Å². The lowest BCUT2D eigenvalue weighted by Gasteiger charge is -2.12. The maximum atomic E-state index is 12.7. The van der Waals surface area contributed by atoms with E-state index < -0.39 is 10.1 Å². The number of ether oxygens (including phenoxy) is 1. The highest BCUT2D eigenvalue weighted by Crippen LogP contribution is 2.32. The fourth-order valence-corrected chi connectivity index (χ4v) is 3.67. The zero-order valence-corrected chi connectivity index (χ0v) is 14.5. The molecule has 4 nitrogen and oxygen atoms in total. The molecule has 0 aliphatic carbocycles. The monoisotopic (exact) mass is 362 g/mol.